The Morgan fingerprint density at radius 1 is 1.41 bits per heavy atom. The van der Waals surface area contributed by atoms with E-state index in [2.05, 4.69) is 25.9 Å². The zero-order chi connectivity index (χ0) is 15.5. The number of halogens is 1. The van der Waals surface area contributed by atoms with Crippen molar-refractivity contribution in [3.05, 3.63) is 51.9 Å². The topological polar surface area (TPSA) is 58.7 Å². The van der Waals surface area contributed by atoms with Crippen molar-refractivity contribution in [2.45, 2.75) is 6.92 Å². The number of aromatic nitrogens is 1. The molecule has 2 aromatic rings. The number of likely N-dealkylation sites (N-methyl/N-ethyl adjacent to an activating group) is 1. The Balaban J connectivity index is 1.92. The van der Waals surface area contributed by atoms with Gasteiger partial charge in [0.1, 0.15) is 5.76 Å². The second-order valence-corrected chi connectivity index (χ2v) is 6.17. The molecule has 0 atom stereocenters. The number of carbonyl (C=O) groups is 1. The third-order valence-electron chi connectivity index (χ3n) is 2.93. The van der Waals surface area contributed by atoms with Crippen molar-refractivity contribution < 1.29 is 9.21 Å². The van der Waals surface area contributed by atoms with Gasteiger partial charge in [0.2, 0.25) is 0 Å². The number of thioether (sulfide) groups is 1. The van der Waals surface area contributed by atoms with E-state index in [1.807, 2.05) is 19.1 Å². The van der Waals surface area contributed by atoms with Gasteiger partial charge in [-0.25, -0.2) is 9.98 Å². The summed E-state index contributed by atoms with van der Waals surface area (Å²) in [6, 6.07) is 9.08. The van der Waals surface area contributed by atoms with Crippen molar-refractivity contribution in [1.29, 1.82) is 0 Å². The molecule has 1 aliphatic rings. The largest absolute Gasteiger partial charge is 0.450 e. The fourth-order valence-electron chi connectivity index (χ4n) is 1.92. The molecule has 1 fully saturated rings. The van der Waals surface area contributed by atoms with Gasteiger partial charge in [0.05, 0.1) is 4.91 Å². The molecule has 0 aliphatic carbocycles. The molecule has 0 spiro atoms. The Bertz CT molecular complexity index is 755. The Kier molecular flexibility index (Phi) is 4.44. The van der Waals surface area contributed by atoms with Gasteiger partial charge in [-0.15, -0.1) is 0 Å². The van der Waals surface area contributed by atoms with Gasteiger partial charge in [0, 0.05) is 18.8 Å². The number of hydrogen-bond acceptors (Lipinski definition) is 5. The lowest BCUT2D eigenvalue weighted by molar-refractivity contribution is -0.122. The van der Waals surface area contributed by atoms with E-state index in [0.29, 0.717) is 32.9 Å². The summed E-state index contributed by atoms with van der Waals surface area (Å²) in [7, 11) is 0. The second-order valence-electron chi connectivity index (χ2n) is 4.38. The molecule has 112 valence electrons. The highest BCUT2D eigenvalue weighted by atomic mass is 79.9. The molecule has 0 aromatic carbocycles. The summed E-state index contributed by atoms with van der Waals surface area (Å²) in [5.41, 5.74) is 0. The summed E-state index contributed by atoms with van der Waals surface area (Å²) in [5.74, 6) is 1.13. The molecule has 7 heteroatoms. The number of aliphatic imine (C=N–C) groups is 1. The average molecular weight is 378 g/mol. The van der Waals surface area contributed by atoms with Gasteiger partial charge in [-0.1, -0.05) is 6.07 Å². The SMILES string of the molecule is CCN1C(=O)/C(=C\c2ccc(Br)o2)S/C1=N/c1ccccn1. The lowest BCUT2D eigenvalue weighted by Crippen LogP contribution is -2.28. The van der Waals surface area contributed by atoms with Crippen molar-refractivity contribution in [2.24, 2.45) is 4.99 Å². The first kappa shape index (κ1) is 15.1. The first-order valence-corrected chi connectivity index (χ1v) is 8.25. The van der Waals surface area contributed by atoms with E-state index in [1.165, 1.54) is 11.8 Å². The zero-order valence-electron chi connectivity index (χ0n) is 11.7. The Hall–Kier alpha value is -1.86. The molecule has 0 bridgehead atoms. The molecule has 0 saturated carbocycles. The molecular weight excluding hydrogens is 366 g/mol. The van der Waals surface area contributed by atoms with E-state index in [-0.39, 0.29) is 5.91 Å². The van der Waals surface area contributed by atoms with Crippen LogP contribution in [0.1, 0.15) is 12.7 Å². The summed E-state index contributed by atoms with van der Waals surface area (Å²) >= 11 is 4.57. The highest BCUT2D eigenvalue weighted by molar-refractivity contribution is 9.10. The molecule has 2 aromatic heterocycles. The average Bonchev–Trinajstić information content (AvgIpc) is 3.05. The van der Waals surface area contributed by atoms with Crippen LogP contribution in [0.5, 0.6) is 0 Å². The molecule has 0 N–H and O–H groups in total. The monoisotopic (exact) mass is 377 g/mol. The maximum atomic E-state index is 12.4. The maximum absolute atomic E-state index is 12.4. The molecule has 5 nitrogen and oxygen atoms in total. The number of rotatable bonds is 3. The highest BCUT2D eigenvalue weighted by Crippen LogP contribution is 2.34. The van der Waals surface area contributed by atoms with E-state index in [4.69, 9.17) is 4.42 Å². The van der Waals surface area contributed by atoms with Crippen molar-refractivity contribution in [1.82, 2.24) is 9.88 Å². The summed E-state index contributed by atoms with van der Waals surface area (Å²) < 4.78 is 6.05. The quantitative estimate of drug-likeness (QED) is 0.756. The third kappa shape index (κ3) is 3.15. The lowest BCUT2D eigenvalue weighted by atomic mass is 10.3. The van der Waals surface area contributed by atoms with Gasteiger partial charge in [-0.2, -0.15) is 0 Å². The molecule has 1 amide bonds. The molecule has 0 unspecified atom stereocenters. The fourth-order valence-corrected chi connectivity index (χ4v) is 3.27. The highest BCUT2D eigenvalue weighted by Gasteiger charge is 2.32. The predicted octanol–water partition coefficient (Wildman–Crippen LogP) is 4.06. The summed E-state index contributed by atoms with van der Waals surface area (Å²) in [4.78, 5) is 23.3. The maximum Gasteiger partial charge on any atom is 0.266 e. The van der Waals surface area contributed by atoms with Gasteiger partial charge in [0.25, 0.3) is 5.91 Å². The third-order valence-corrected chi connectivity index (χ3v) is 4.36. The minimum atomic E-state index is -0.0743. The fraction of sp³-hybridized carbons (Fsp3) is 0.133. The Morgan fingerprint density at radius 3 is 2.91 bits per heavy atom. The summed E-state index contributed by atoms with van der Waals surface area (Å²) in [5, 5.41) is 0.628. The van der Waals surface area contributed by atoms with E-state index in [1.54, 1.807) is 35.4 Å². The molecule has 3 rings (SSSR count). The van der Waals surface area contributed by atoms with Gasteiger partial charge < -0.3 is 4.42 Å². The standard InChI is InChI=1S/C15H12BrN3O2S/c1-2-19-14(20)11(9-10-6-7-12(16)21-10)22-15(19)18-13-5-3-4-8-17-13/h3-9H,2H2,1H3/b11-9+,18-15+. The Labute approximate surface area is 140 Å². The zero-order valence-corrected chi connectivity index (χ0v) is 14.1. The van der Waals surface area contributed by atoms with E-state index >= 15 is 0 Å². The lowest BCUT2D eigenvalue weighted by Gasteiger charge is -2.11. The smallest absolute Gasteiger partial charge is 0.266 e. The van der Waals surface area contributed by atoms with Crippen molar-refractivity contribution in [3.63, 3.8) is 0 Å². The number of furan rings is 1. The van der Waals surface area contributed by atoms with Crippen molar-refractivity contribution >= 4 is 50.7 Å². The van der Waals surface area contributed by atoms with E-state index in [0.717, 1.165) is 0 Å². The van der Waals surface area contributed by atoms with Crippen LogP contribution in [0.2, 0.25) is 0 Å². The van der Waals surface area contributed by atoms with Crippen molar-refractivity contribution in [2.75, 3.05) is 6.54 Å². The van der Waals surface area contributed by atoms with Crippen LogP contribution in [-0.2, 0) is 4.79 Å². The van der Waals surface area contributed by atoms with E-state index in [9.17, 15) is 4.79 Å². The number of amidine groups is 1. The normalized spacial score (nSPS) is 18.6. The van der Waals surface area contributed by atoms with Crippen LogP contribution in [0.3, 0.4) is 0 Å². The number of carbonyl (C=O) groups excluding carboxylic acids is 1. The van der Waals surface area contributed by atoms with Crippen molar-refractivity contribution in [3.8, 4) is 0 Å². The molecule has 3 heterocycles. The van der Waals surface area contributed by atoms with Crippen LogP contribution in [-0.4, -0.2) is 27.5 Å². The van der Waals surface area contributed by atoms with Gasteiger partial charge in [-0.05, 0) is 58.9 Å². The van der Waals surface area contributed by atoms with Crippen LogP contribution in [0.4, 0.5) is 5.82 Å². The number of nitrogens with zero attached hydrogens (tertiary/aromatic N) is 3. The minimum Gasteiger partial charge on any atom is -0.450 e. The molecule has 1 aliphatic heterocycles. The van der Waals surface area contributed by atoms with Gasteiger partial charge >= 0.3 is 0 Å². The van der Waals surface area contributed by atoms with E-state index < -0.39 is 0 Å². The molecule has 1 saturated heterocycles. The van der Waals surface area contributed by atoms with Gasteiger partial charge in [-0.3, -0.25) is 9.69 Å². The van der Waals surface area contributed by atoms with Crippen LogP contribution >= 0.6 is 27.7 Å². The minimum absolute atomic E-state index is 0.0743. The Morgan fingerprint density at radius 2 is 2.27 bits per heavy atom. The first-order chi connectivity index (χ1) is 10.7. The second kappa shape index (κ2) is 6.50. The summed E-state index contributed by atoms with van der Waals surface area (Å²) in [6.07, 6.45) is 3.40. The summed E-state index contributed by atoms with van der Waals surface area (Å²) in [6.45, 7) is 2.47. The molecule has 22 heavy (non-hydrogen) atoms. The molecule has 0 radical (unpaired) electrons. The number of amides is 1. The van der Waals surface area contributed by atoms with Crippen LogP contribution < -0.4 is 0 Å². The van der Waals surface area contributed by atoms with Crippen LogP contribution in [0.15, 0.2) is 55.5 Å². The van der Waals surface area contributed by atoms with Crippen LogP contribution in [0.25, 0.3) is 6.08 Å². The van der Waals surface area contributed by atoms with Crippen LogP contribution in [0, 0.1) is 0 Å². The van der Waals surface area contributed by atoms with Gasteiger partial charge in [0.15, 0.2) is 15.7 Å². The number of hydrogen-bond donors (Lipinski definition) is 0. The predicted molar refractivity (Wildman–Crippen MR) is 90.7 cm³/mol. The number of pyridine rings is 1. The molecular formula is C15H12BrN3O2S. The first-order valence-electron chi connectivity index (χ1n) is 6.64.